The third kappa shape index (κ3) is 3.90. The molecule has 0 fully saturated rings. The van der Waals surface area contributed by atoms with Gasteiger partial charge in [-0.05, 0) is 31.0 Å². The van der Waals surface area contributed by atoms with Gasteiger partial charge < -0.3 is 11.1 Å². The highest BCUT2D eigenvalue weighted by molar-refractivity contribution is 7.89. The zero-order chi connectivity index (χ0) is 13.2. The molecule has 0 aliphatic carbocycles. The number of anilines is 2. The van der Waals surface area contributed by atoms with E-state index in [1.165, 1.54) is 12.1 Å². The zero-order valence-corrected chi connectivity index (χ0v) is 11.1. The number of primary sulfonamides is 1. The molecule has 0 amide bonds. The van der Waals surface area contributed by atoms with E-state index in [1.807, 2.05) is 6.92 Å². The van der Waals surface area contributed by atoms with Crippen LogP contribution in [0.4, 0.5) is 11.4 Å². The molecule has 0 aliphatic heterocycles. The molecule has 17 heavy (non-hydrogen) atoms. The molecule has 0 saturated carbocycles. The third-order valence-electron chi connectivity index (χ3n) is 2.65. The van der Waals surface area contributed by atoms with E-state index < -0.39 is 10.0 Å². The highest BCUT2D eigenvalue weighted by Crippen LogP contribution is 2.21. The van der Waals surface area contributed by atoms with Crippen molar-refractivity contribution in [3.63, 3.8) is 0 Å². The number of benzene rings is 1. The maximum Gasteiger partial charge on any atom is 0.238 e. The van der Waals surface area contributed by atoms with E-state index in [9.17, 15) is 8.42 Å². The lowest BCUT2D eigenvalue weighted by Gasteiger charge is -2.19. The summed E-state index contributed by atoms with van der Waals surface area (Å²) in [6, 6.07) is 4.74. The van der Waals surface area contributed by atoms with Gasteiger partial charge in [0.25, 0.3) is 0 Å². The molecule has 0 saturated heterocycles. The van der Waals surface area contributed by atoms with Crippen LogP contribution < -0.4 is 16.2 Å². The predicted octanol–water partition coefficient (Wildman–Crippen LogP) is 1.37. The van der Waals surface area contributed by atoms with Gasteiger partial charge >= 0.3 is 0 Å². The molecule has 0 heterocycles. The van der Waals surface area contributed by atoms with Crippen molar-refractivity contribution >= 4 is 21.4 Å². The summed E-state index contributed by atoms with van der Waals surface area (Å²) >= 11 is 0. The molecular weight excluding hydrogens is 238 g/mol. The predicted molar refractivity (Wildman–Crippen MR) is 70.2 cm³/mol. The number of rotatable bonds is 4. The molecule has 5 N–H and O–H groups in total. The van der Waals surface area contributed by atoms with Gasteiger partial charge in [0.2, 0.25) is 10.0 Å². The number of nitrogen functional groups attached to an aromatic ring is 1. The van der Waals surface area contributed by atoms with Crippen molar-refractivity contribution in [3.8, 4) is 0 Å². The van der Waals surface area contributed by atoms with Gasteiger partial charge in [-0.15, -0.1) is 0 Å². The van der Waals surface area contributed by atoms with Crippen molar-refractivity contribution < 1.29 is 8.42 Å². The number of sulfonamides is 1. The van der Waals surface area contributed by atoms with Gasteiger partial charge in [-0.2, -0.15) is 0 Å². The number of nitrogens with two attached hydrogens (primary N) is 2. The van der Waals surface area contributed by atoms with Crippen molar-refractivity contribution in [1.29, 1.82) is 0 Å². The molecule has 5 nitrogen and oxygen atoms in total. The van der Waals surface area contributed by atoms with Crippen molar-refractivity contribution in [2.75, 3.05) is 11.1 Å². The molecule has 0 radical (unpaired) electrons. The molecule has 1 aromatic rings. The summed E-state index contributed by atoms with van der Waals surface area (Å²) in [6.07, 6.45) is 0. The van der Waals surface area contributed by atoms with Crippen LogP contribution in [0.1, 0.15) is 20.8 Å². The van der Waals surface area contributed by atoms with Gasteiger partial charge in [-0.1, -0.05) is 13.8 Å². The third-order valence-corrected chi connectivity index (χ3v) is 3.54. The maximum atomic E-state index is 11.3. The fourth-order valence-electron chi connectivity index (χ4n) is 1.30. The van der Waals surface area contributed by atoms with Crippen LogP contribution in [0.3, 0.4) is 0 Å². The molecule has 1 aromatic carbocycles. The fourth-order valence-corrected chi connectivity index (χ4v) is 1.89. The zero-order valence-electron chi connectivity index (χ0n) is 10.3. The molecule has 96 valence electrons. The summed E-state index contributed by atoms with van der Waals surface area (Å²) in [6.45, 7) is 6.17. The molecule has 0 aliphatic rings. The van der Waals surface area contributed by atoms with Crippen LogP contribution in [-0.4, -0.2) is 14.5 Å². The quantitative estimate of drug-likeness (QED) is 0.709. The van der Waals surface area contributed by atoms with Gasteiger partial charge in [-0.3, -0.25) is 0 Å². The van der Waals surface area contributed by atoms with Crippen molar-refractivity contribution in [3.05, 3.63) is 18.2 Å². The maximum absolute atomic E-state index is 11.3. The Morgan fingerprint density at radius 3 is 2.24 bits per heavy atom. The van der Waals surface area contributed by atoms with E-state index in [-0.39, 0.29) is 10.9 Å². The Balaban J connectivity index is 3.07. The first kappa shape index (κ1) is 13.8. The second-order valence-electron chi connectivity index (χ2n) is 4.51. The van der Waals surface area contributed by atoms with Gasteiger partial charge in [0, 0.05) is 17.4 Å². The van der Waals surface area contributed by atoms with Crippen molar-refractivity contribution in [2.24, 2.45) is 11.1 Å². The SMILES string of the molecule is CC(C)C(C)Nc1cc(N)cc(S(N)(=O)=O)c1. The Kier molecular flexibility index (Phi) is 4.00. The molecule has 1 rings (SSSR count). The van der Waals surface area contributed by atoms with Crippen LogP contribution in [0.15, 0.2) is 23.1 Å². The summed E-state index contributed by atoms with van der Waals surface area (Å²) in [7, 11) is -3.72. The van der Waals surface area contributed by atoms with Crippen molar-refractivity contribution in [2.45, 2.75) is 31.7 Å². The molecule has 1 atom stereocenters. The Morgan fingerprint density at radius 1 is 1.18 bits per heavy atom. The van der Waals surface area contributed by atoms with Gasteiger partial charge in [0.05, 0.1) is 4.90 Å². The molecule has 0 bridgehead atoms. The number of hydrogen-bond acceptors (Lipinski definition) is 4. The highest BCUT2D eigenvalue weighted by atomic mass is 32.2. The first-order valence-corrected chi connectivity index (χ1v) is 6.94. The largest absolute Gasteiger partial charge is 0.399 e. The van der Waals surface area contributed by atoms with Crippen LogP contribution in [-0.2, 0) is 10.0 Å². The normalized spacial score (nSPS) is 13.7. The average Bonchev–Trinajstić information content (AvgIpc) is 2.15. The Hall–Kier alpha value is -1.27. The second-order valence-corrected chi connectivity index (χ2v) is 6.07. The summed E-state index contributed by atoms with van der Waals surface area (Å²) < 4.78 is 22.5. The Morgan fingerprint density at radius 2 is 1.76 bits per heavy atom. The minimum atomic E-state index is -3.72. The van der Waals surface area contributed by atoms with Gasteiger partial charge in [0.1, 0.15) is 0 Å². The average molecular weight is 257 g/mol. The summed E-state index contributed by atoms with van der Waals surface area (Å²) in [5.41, 5.74) is 6.68. The van der Waals surface area contributed by atoms with E-state index in [0.717, 1.165) is 0 Å². The van der Waals surface area contributed by atoms with Gasteiger partial charge in [-0.25, -0.2) is 13.6 Å². The first-order valence-electron chi connectivity index (χ1n) is 5.40. The molecule has 0 spiro atoms. The lowest BCUT2D eigenvalue weighted by molar-refractivity contribution is 0.560. The topological polar surface area (TPSA) is 98.2 Å². The van der Waals surface area contributed by atoms with Crippen LogP contribution in [0.2, 0.25) is 0 Å². The minimum absolute atomic E-state index is 0.0240. The lowest BCUT2D eigenvalue weighted by atomic mass is 10.1. The molecular formula is C11H19N3O2S. The van der Waals surface area contributed by atoms with Crippen molar-refractivity contribution in [1.82, 2.24) is 0 Å². The second kappa shape index (κ2) is 4.93. The number of hydrogen-bond donors (Lipinski definition) is 3. The fraction of sp³-hybridized carbons (Fsp3) is 0.455. The summed E-state index contributed by atoms with van der Waals surface area (Å²) in [5, 5.41) is 8.27. The highest BCUT2D eigenvalue weighted by Gasteiger charge is 2.12. The van der Waals surface area contributed by atoms with E-state index in [1.54, 1.807) is 6.07 Å². The molecule has 0 aromatic heterocycles. The van der Waals surface area contributed by atoms with Crippen LogP contribution >= 0.6 is 0 Å². The van der Waals surface area contributed by atoms with Gasteiger partial charge in [0.15, 0.2) is 0 Å². The number of nitrogens with one attached hydrogen (secondary N) is 1. The molecule has 6 heteroatoms. The minimum Gasteiger partial charge on any atom is -0.399 e. The van der Waals surface area contributed by atoms with Crippen LogP contribution in [0.5, 0.6) is 0 Å². The van der Waals surface area contributed by atoms with E-state index in [4.69, 9.17) is 10.9 Å². The van der Waals surface area contributed by atoms with E-state index in [0.29, 0.717) is 17.3 Å². The summed E-state index contributed by atoms with van der Waals surface area (Å²) in [4.78, 5) is 0.0240. The lowest BCUT2D eigenvalue weighted by Crippen LogP contribution is -2.22. The van der Waals surface area contributed by atoms with Crippen LogP contribution in [0.25, 0.3) is 0 Å². The molecule has 1 unspecified atom stereocenters. The Labute approximate surface area is 102 Å². The first-order chi connectivity index (χ1) is 7.70. The Bertz CT molecular complexity index is 497. The van der Waals surface area contributed by atoms with Crippen LogP contribution in [0, 0.1) is 5.92 Å². The summed E-state index contributed by atoms with van der Waals surface area (Å²) in [5.74, 6) is 0.425. The van der Waals surface area contributed by atoms with E-state index >= 15 is 0 Å². The monoisotopic (exact) mass is 257 g/mol. The van der Waals surface area contributed by atoms with E-state index in [2.05, 4.69) is 19.2 Å². The standard InChI is InChI=1S/C11H19N3O2S/c1-7(2)8(3)14-10-4-9(12)5-11(6-10)17(13,15)16/h4-8,14H,12H2,1-3H3,(H2,13,15,16). The smallest absolute Gasteiger partial charge is 0.238 e.